The predicted molar refractivity (Wildman–Crippen MR) is 40.9 cm³/mol. The molecule has 0 aliphatic rings. The lowest BCUT2D eigenvalue weighted by Crippen LogP contribution is -2.27. The molecule has 0 fully saturated rings. The summed E-state index contributed by atoms with van der Waals surface area (Å²) < 4.78 is 24.1. The van der Waals surface area contributed by atoms with E-state index in [9.17, 15) is 8.78 Å². The molecule has 0 spiro atoms. The van der Waals surface area contributed by atoms with Gasteiger partial charge >= 0.3 is 5.38 Å². The molecule has 1 unspecified atom stereocenters. The van der Waals surface area contributed by atoms with Gasteiger partial charge in [0.05, 0.1) is 0 Å². The van der Waals surface area contributed by atoms with Crippen LogP contribution in [0.5, 0.6) is 0 Å². The Balaban J connectivity index is 3.70. The van der Waals surface area contributed by atoms with Gasteiger partial charge in [0.1, 0.15) is 6.10 Å². The minimum atomic E-state index is -3.52. The molecule has 0 radical (unpaired) electrons. The third kappa shape index (κ3) is 5.16. The first-order valence-corrected chi connectivity index (χ1v) is 3.61. The van der Waals surface area contributed by atoms with Crippen LogP contribution in [0.2, 0.25) is 0 Å². The van der Waals surface area contributed by atoms with Gasteiger partial charge < -0.3 is 5.11 Å². The molecule has 1 atom stereocenters. The van der Waals surface area contributed by atoms with Gasteiger partial charge in [-0.05, 0) is 31.4 Å². The molecule has 0 aliphatic carbocycles. The van der Waals surface area contributed by atoms with E-state index in [1.807, 2.05) is 0 Å². The van der Waals surface area contributed by atoms with Crippen molar-refractivity contribution in [3.63, 3.8) is 0 Å². The molecule has 1 N–H and O–H groups in total. The minimum absolute atomic E-state index is 0.0498. The molecule has 0 saturated heterocycles. The van der Waals surface area contributed by atoms with Crippen LogP contribution in [0, 0.1) is 0 Å². The summed E-state index contributed by atoms with van der Waals surface area (Å²) in [5, 5.41) is 5.19. The van der Waals surface area contributed by atoms with E-state index in [4.69, 9.17) is 5.11 Å². The number of hydrogen-bond acceptors (Lipinski definition) is 1. The van der Waals surface area contributed by atoms with Crippen molar-refractivity contribution in [3.05, 3.63) is 12.2 Å². The van der Waals surface area contributed by atoms with Crippen LogP contribution in [0.25, 0.3) is 0 Å². The summed E-state index contributed by atoms with van der Waals surface area (Å²) in [4.78, 5) is 0. The van der Waals surface area contributed by atoms with Gasteiger partial charge in [-0.15, -0.1) is 6.58 Å². The molecule has 0 aromatic heterocycles. The molecule has 0 aliphatic heterocycles. The van der Waals surface area contributed by atoms with Crippen LogP contribution in [0.1, 0.15) is 19.8 Å². The molecule has 1 nitrogen and oxygen atoms in total. The zero-order chi connectivity index (χ0) is 9.07. The lowest BCUT2D eigenvalue weighted by atomic mass is 10.1. The number of hydrogen-bond donors (Lipinski definition) is 1. The smallest absolute Gasteiger partial charge is 0.347 e. The molecule has 66 valence electrons. The van der Waals surface area contributed by atoms with Crippen molar-refractivity contribution in [1.29, 1.82) is 0 Å². The minimum Gasteiger partial charge on any atom is -0.385 e. The normalized spacial score (nSPS) is 14.6. The van der Waals surface area contributed by atoms with Gasteiger partial charge in [0.2, 0.25) is 0 Å². The van der Waals surface area contributed by atoms with Crippen molar-refractivity contribution in [2.45, 2.75) is 31.3 Å². The third-order valence-electron chi connectivity index (χ3n) is 1.22. The van der Waals surface area contributed by atoms with Gasteiger partial charge in [0.25, 0.3) is 0 Å². The van der Waals surface area contributed by atoms with Gasteiger partial charge in [0, 0.05) is 0 Å². The molecule has 0 aromatic carbocycles. The predicted octanol–water partition coefficient (Wildman–Crippen LogP) is 2.54. The van der Waals surface area contributed by atoms with Crippen LogP contribution in [-0.2, 0) is 0 Å². The Bertz CT molecular complexity index is 142. The van der Waals surface area contributed by atoms with Crippen molar-refractivity contribution in [2.24, 2.45) is 0 Å². The molecule has 0 bridgehead atoms. The van der Waals surface area contributed by atoms with E-state index >= 15 is 0 Å². The van der Waals surface area contributed by atoms with Gasteiger partial charge in [0.15, 0.2) is 0 Å². The van der Waals surface area contributed by atoms with Crippen LogP contribution < -0.4 is 0 Å². The highest BCUT2D eigenvalue weighted by Crippen LogP contribution is 2.26. The number of allylic oxidation sites excluding steroid dienone is 1. The Morgan fingerprint density at radius 1 is 1.73 bits per heavy atom. The van der Waals surface area contributed by atoms with E-state index in [0.717, 1.165) is 5.57 Å². The molecule has 0 saturated carbocycles. The quantitative estimate of drug-likeness (QED) is 0.526. The molecule has 11 heavy (non-hydrogen) atoms. The zero-order valence-corrected chi connectivity index (χ0v) is 7.04. The van der Waals surface area contributed by atoms with Crippen LogP contribution >= 0.6 is 11.6 Å². The lowest BCUT2D eigenvalue weighted by Gasteiger charge is -2.15. The summed E-state index contributed by atoms with van der Waals surface area (Å²) in [7, 11) is 0. The first kappa shape index (κ1) is 10.8. The summed E-state index contributed by atoms with van der Waals surface area (Å²) in [5.74, 6) is 0. The summed E-state index contributed by atoms with van der Waals surface area (Å²) in [5.41, 5.74) is 0.755. The maximum atomic E-state index is 12.1. The fourth-order valence-electron chi connectivity index (χ4n) is 0.547. The zero-order valence-electron chi connectivity index (χ0n) is 6.28. The van der Waals surface area contributed by atoms with Crippen LogP contribution in [-0.4, -0.2) is 16.6 Å². The standard InChI is InChI=1S/C7H11ClF2O/c1-5(2)3-4-6(11)7(8,9)10/h6,11H,1,3-4H2,2H3. The molecule has 0 aromatic rings. The summed E-state index contributed by atoms with van der Waals surface area (Å²) in [6.45, 7) is 5.22. The second-order valence-electron chi connectivity index (χ2n) is 2.55. The van der Waals surface area contributed by atoms with Gasteiger partial charge in [-0.25, -0.2) is 0 Å². The first-order valence-electron chi connectivity index (χ1n) is 3.23. The van der Waals surface area contributed by atoms with E-state index in [-0.39, 0.29) is 6.42 Å². The SMILES string of the molecule is C=C(C)CCC(O)C(F)(F)Cl. The van der Waals surface area contributed by atoms with Gasteiger partial charge in [-0.2, -0.15) is 8.78 Å². The maximum absolute atomic E-state index is 12.1. The number of rotatable bonds is 4. The van der Waals surface area contributed by atoms with Gasteiger partial charge in [-0.3, -0.25) is 0 Å². The van der Waals surface area contributed by atoms with Crippen molar-refractivity contribution < 1.29 is 13.9 Å². The maximum Gasteiger partial charge on any atom is 0.347 e. The largest absolute Gasteiger partial charge is 0.385 e. The molecule has 0 rings (SSSR count). The highest BCUT2D eigenvalue weighted by Gasteiger charge is 2.34. The van der Waals surface area contributed by atoms with Gasteiger partial charge in [-0.1, -0.05) is 5.57 Å². The molecular weight excluding hydrogens is 174 g/mol. The van der Waals surface area contributed by atoms with Crippen molar-refractivity contribution >= 4 is 11.6 Å². The van der Waals surface area contributed by atoms with E-state index in [0.29, 0.717) is 6.42 Å². The highest BCUT2D eigenvalue weighted by atomic mass is 35.5. The Morgan fingerprint density at radius 2 is 2.18 bits per heavy atom. The average Bonchev–Trinajstić information content (AvgIpc) is 1.80. The second-order valence-corrected chi connectivity index (χ2v) is 3.06. The third-order valence-corrected chi connectivity index (χ3v) is 1.47. The number of halogens is 3. The monoisotopic (exact) mass is 184 g/mol. The molecule has 0 amide bonds. The topological polar surface area (TPSA) is 20.2 Å². The fourth-order valence-corrected chi connectivity index (χ4v) is 0.656. The summed E-state index contributed by atoms with van der Waals surface area (Å²) >= 11 is 4.55. The van der Waals surface area contributed by atoms with Crippen LogP contribution in [0.4, 0.5) is 8.78 Å². The van der Waals surface area contributed by atoms with E-state index < -0.39 is 11.5 Å². The molecule has 4 heteroatoms. The summed E-state index contributed by atoms with van der Waals surface area (Å²) in [6.07, 6.45) is -1.46. The van der Waals surface area contributed by atoms with Crippen LogP contribution in [0.15, 0.2) is 12.2 Å². The Hall–Kier alpha value is -0.150. The number of alkyl halides is 3. The molecule has 0 heterocycles. The lowest BCUT2D eigenvalue weighted by molar-refractivity contribution is -0.0439. The van der Waals surface area contributed by atoms with Crippen molar-refractivity contribution in [1.82, 2.24) is 0 Å². The van der Waals surface area contributed by atoms with E-state index in [1.165, 1.54) is 0 Å². The molecular formula is C7H11ClF2O. The van der Waals surface area contributed by atoms with Crippen molar-refractivity contribution in [3.8, 4) is 0 Å². The van der Waals surface area contributed by atoms with E-state index in [1.54, 1.807) is 6.92 Å². The van der Waals surface area contributed by atoms with Crippen LogP contribution in [0.3, 0.4) is 0 Å². The highest BCUT2D eigenvalue weighted by molar-refractivity contribution is 6.22. The Kier molecular flexibility index (Phi) is 3.97. The van der Waals surface area contributed by atoms with E-state index in [2.05, 4.69) is 18.2 Å². The van der Waals surface area contributed by atoms with Crippen molar-refractivity contribution in [2.75, 3.05) is 0 Å². The number of aliphatic hydroxyl groups is 1. The Morgan fingerprint density at radius 3 is 2.45 bits per heavy atom. The Labute approximate surface area is 69.7 Å². The average molecular weight is 185 g/mol. The summed E-state index contributed by atoms with van der Waals surface area (Å²) in [6, 6.07) is 0. The fraction of sp³-hybridized carbons (Fsp3) is 0.714. The number of aliphatic hydroxyl groups excluding tert-OH is 1. The first-order chi connectivity index (χ1) is 4.84. The second kappa shape index (κ2) is 4.02.